The SMILES string of the molecule is Nc1nc(CCC(=O)N2CC[C@]3(CCCN(CCO)C3=O)C2)cs1. The number of anilines is 1. The van der Waals surface area contributed by atoms with Gasteiger partial charge in [0.1, 0.15) is 0 Å². The van der Waals surface area contributed by atoms with Gasteiger partial charge < -0.3 is 20.6 Å². The first-order valence-electron chi connectivity index (χ1n) is 8.42. The number of thiazole rings is 1. The first kappa shape index (κ1) is 17.2. The van der Waals surface area contributed by atoms with Gasteiger partial charge in [-0.15, -0.1) is 11.3 Å². The zero-order chi connectivity index (χ0) is 17.2. The number of aliphatic hydroxyl groups is 1. The van der Waals surface area contributed by atoms with Crippen LogP contribution in [0.2, 0.25) is 0 Å². The number of nitrogens with two attached hydrogens (primary N) is 1. The molecule has 0 aromatic carbocycles. The summed E-state index contributed by atoms with van der Waals surface area (Å²) in [5, 5.41) is 11.5. The van der Waals surface area contributed by atoms with Crippen molar-refractivity contribution in [2.45, 2.75) is 32.1 Å². The number of amides is 2. The van der Waals surface area contributed by atoms with Crippen molar-refractivity contribution in [2.24, 2.45) is 5.41 Å². The molecule has 2 aliphatic rings. The molecule has 3 heterocycles. The minimum Gasteiger partial charge on any atom is -0.395 e. The normalized spacial score (nSPS) is 24.1. The van der Waals surface area contributed by atoms with Gasteiger partial charge in [-0.25, -0.2) is 4.98 Å². The molecule has 24 heavy (non-hydrogen) atoms. The van der Waals surface area contributed by atoms with Crippen molar-refractivity contribution < 1.29 is 14.7 Å². The molecule has 2 fully saturated rings. The fraction of sp³-hybridized carbons (Fsp3) is 0.688. The number of aromatic nitrogens is 1. The van der Waals surface area contributed by atoms with Gasteiger partial charge in [0.05, 0.1) is 17.7 Å². The molecule has 0 unspecified atom stereocenters. The summed E-state index contributed by atoms with van der Waals surface area (Å²) in [7, 11) is 0. The third-order valence-corrected chi connectivity index (χ3v) is 5.79. The smallest absolute Gasteiger partial charge is 0.230 e. The van der Waals surface area contributed by atoms with Crippen LogP contribution in [-0.4, -0.2) is 64.5 Å². The highest BCUT2D eigenvalue weighted by Gasteiger charge is 2.49. The molecule has 0 saturated carbocycles. The van der Waals surface area contributed by atoms with Crippen LogP contribution in [0.25, 0.3) is 0 Å². The van der Waals surface area contributed by atoms with E-state index in [-0.39, 0.29) is 18.4 Å². The van der Waals surface area contributed by atoms with Gasteiger partial charge in [0.25, 0.3) is 0 Å². The lowest BCUT2D eigenvalue weighted by molar-refractivity contribution is -0.146. The van der Waals surface area contributed by atoms with Gasteiger partial charge in [-0.3, -0.25) is 9.59 Å². The summed E-state index contributed by atoms with van der Waals surface area (Å²) in [6.07, 6.45) is 3.48. The van der Waals surface area contributed by atoms with Crippen molar-refractivity contribution in [2.75, 3.05) is 38.5 Å². The van der Waals surface area contributed by atoms with E-state index in [1.807, 2.05) is 10.3 Å². The van der Waals surface area contributed by atoms with Crippen LogP contribution >= 0.6 is 11.3 Å². The van der Waals surface area contributed by atoms with E-state index in [1.165, 1.54) is 11.3 Å². The molecule has 3 rings (SSSR count). The van der Waals surface area contributed by atoms with Crippen LogP contribution in [0.3, 0.4) is 0 Å². The Morgan fingerprint density at radius 1 is 1.42 bits per heavy atom. The fourth-order valence-corrected chi connectivity index (χ4v) is 4.38. The zero-order valence-corrected chi connectivity index (χ0v) is 14.6. The number of nitrogen functional groups attached to an aromatic ring is 1. The maximum Gasteiger partial charge on any atom is 0.230 e. The fourth-order valence-electron chi connectivity index (χ4n) is 3.78. The Morgan fingerprint density at radius 2 is 2.25 bits per heavy atom. The number of β-amino-alcohol motifs (C(OH)–C–C–N with tert-alkyl or cyclic N) is 1. The number of aryl methyl sites for hydroxylation is 1. The highest BCUT2D eigenvalue weighted by Crippen LogP contribution is 2.40. The number of nitrogens with zero attached hydrogens (tertiary/aromatic N) is 3. The Bertz CT molecular complexity index is 618. The van der Waals surface area contributed by atoms with E-state index in [4.69, 9.17) is 10.8 Å². The van der Waals surface area contributed by atoms with Crippen LogP contribution in [0.15, 0.2) is 5.38 Å². The summed E-state index contributed by atoms with van der Waals surface area (Å²) < 4.78 is 0. The second-order valence-electron chi connectivity index (χ2n) is 6.64. The van der Waals surface area contributed by atoms with E-state index >= 15 is 0 Å². The number of hydrogen-bond acceptors (Lipinski definition) is 6. The topological polar surface area (TPSA) is 99.8 Å². The summed E-state index contributed by atoms with van der Waals surface area (Å²) in [5.41, 5.74) is 6.02. The molecule has 1 aromatic heterocycles. The molecule has 1 spiro atoms. The summed E-state index contributed by atoms with van der Waals surface area (Å²) in [5.74, 6) is 0.177. The Morgan fingerprint density at radius 3 is 2.96 bits per heavy atom. The lowest BCUT2D eigenvalue weighted by Gasteiger charge is -2.39. The van der Waals surface area contributed by atoms with E-state index in [0.717, 1.165) is 25.0 Å². The van der Waals surface area contributed by atoms with E-state index in [9.17, 15) is 9.59 Å². The molecule has 0 radical (unpaired) electrons. The first-order chi connectivity index (χ1) is 11.5. The van der Waals surface area contributed by atoms with Gasteiger partial charge in [0.15, 0.2) is 5.13 Å². The maximum absolute atomic E-state index is 12.7. The van der Waals surface area contributed by atoms with Crippen molar-refractivity contribution in [3.8, 4) is 0 Å². The van der Waals surface area contributed by atoms with Gasteiger partial charge in [0, 0.05) is 38.0 Å². The Kier molecular flexibility index (Phi) is 5.05. The number of piperidine rings is 1. The monoisotopic (exact) mass is 352 g/mol. The quantitative estimate of drug-likeness (QED) is 0.803. The van der Waals surface area contributed by atoms with Gasteiger partial charge in [0.2, 0.25) is 11.8 Å². The van der Waals surface area contributed by atoms with Crippen molar-refractivity contribution in [3.05, 3.63) is 11.1 Å². The molecule has 2 saturated heterocycles. The van der Waals surface area contributed by atoms with Crippen LogP contribution in [0.4, 0.5) is 5.13 Å². The van der Waals surface area contributed by atoms with Crippen LogP contribution in [0, 0.1) is 5.41 Å². The van der Waals surface area contributed by atoms with Gasteiger partial charge in [-0.2, -0.15) is 0 Å². The van der Waals surface area contributed by atoms with Crippen LogP contribution in [-0.2, 0) is 16.0 Å². The molecule has 2 aliphatic heterocycles. The predicted molar refractivity (Wildman–Crippen MR) is 91.4 cm³/mol. The summed E-state index contributed by atoms with van der Waals surface area (Å²) in [6, 6.07) is 0. The lowest BCUT2D eigenvalue weighted by Crippen LogP contribution is -2.51. The number of rotatable bonds is 5. The summed E-state index contributed by atoms with van der Waals surface area (Å²) in [4.78, 5) is 33.0. The van der Waals surface area contributed by atoms with Crippen LogP contribution < -0.4 is 5.73 Å². The molecule has 3 N–H and O–H groups in total. The van der Waals surface area contributed by atoms with Crippen molar-refractivity contribution in [3.63, 3.8) is 0 Å². The van der Waals surface area contributed by atoms with E-state index in [2.05, 4.69) is 4.98 Å². The molecule has 7 nitrogen and oxygen atoms in total. The van der Waals surface area contributed by atoms with Gasteiger partial charge in [-0.1, -0.05) is 0 Å². The first-order valence-corrected chi connectivity index (χ1v) is 9.30. The van der Waals surface area contributed by atoms with Crippen LogP contribution in [0.1, 0.15) is 31.4 Å². The Hall–Kier alpha value is -1.67. The Balaban J connectivity index is 1.57. The number of likely N-dealkylation sites (tertiary alicyclic amines) is 2. The largest absolute Gasteiger partial charge is 0.395 e. The standard InChI is InChI=1S/C16H24N4O3S/c17-15-18-12(10-24-15)2-3-13(22)20-7-5-16(11-20)4-1-6-19(8-9-21)14(16)23/h10,21H,1-9,11H2,(H2,17,18)/t16-/m1/s1. The second-order valence-corrected chi connectivity index (χ2v) is 7.53. The average molecular weight is 352 g/mol. The average Bonchev–Trinajstić information content (AvgIpc) is 3.17. The van der Waals surface area contributed by atoms with Crippen molar-refractivity contribution >= 4 is 28.3 Å². The number of carbonyl (C=O) groups excluding carboxylic acids is 2. The second kappa shape index (κ2) is 7.06. The Labute approximate surface area is 145 Å². The molecule has 2 amide bonds. The number of aliphatic hydroxyl groups excluding tert-OH is 1. The van der Waals surface area contributed by atoms with E-state index < -0.39 is 5.41 Å². The van der Waals surface area contributed by atoms with Gasteiger partial charge >= 0.3 is 0 Å². The van der Waals surface area contributed by atoms with E-state index in [0.29, 0.717) is 44.2 Å². The number of carbonyl (C=O) groups is 2. The molecule has 0 bridgehead atoms. The minimum absolute atomic E-state index is 0.0127. The molecule has 1 atom stereocenters. The molecular weight excluding hydrogens is 328 g/mol. The lowest BCUT2D eigenvalue weighted by atomic mass is 9.78. The zero-order valence-electron chi connectivity index (χ0n) is 13.7. The van der Waals surface area contributed by atoms with Crippen LogP contribution in [0.5, 0.6) is 0 Å². The van der Waals surface area contributed by atoms with E-state index in [1.54, 1.807) is 4.90 Å². The molecule has 0 aliphatic carbocycles. The molecule has 132 valence electrons. The highest BCUT2D eigenvalue weighted by atomic mass is 32.1. The molecular formula is C16H24N4O3S. The predicted octanol–water partition coefficient (Wildman–Crippen LogP) is 0.491. The third-order valence-electron chi connectivity index (χ3n) is 5.07. The van der Waals surface area contributed by atoms with Gasteiger partial charge in [-0.05, 0) is 25.7 Å². The minimum atomic E-state index is -0.436. The number of hydrogen-bond donors (Lipinski definition) is 2. The van der Waals surface area contributed by atoms with Crippen molar-refractivity contribution in [1.29, 1.82) is 0 Å². The maximum atomic E-state index is 12.7. The highest BCUT2D eigenvalue weighted by molar-refractivity contribution is 7.13. The summed E-state index contributed by atoms with van der Waals surface area (Å²) in [6.45, 7) is 2.23. The third kappa shape index (κ3) is 3.39. The summed E-state index contributed by atoms with van der Waals surface area (Å²) >= 11 is 1.38. The molecule has 1 aromatic rings. The molecule has 8 heteroatoms. The van der Waals surface area contributed by atoms with Crippen molar-refractivity contribution in [1.82, 2.24) is 14.8 Å².